The first kappa shape index (κ1) is 18.5. The van der Waals surface area contributed by atoms with E-state index in [1.165, 1.54) is 12.1 Å². The van der Waals surface area contributed by atoms with Crippen molar-refractivity contribution in [1.82, 2.24) is 5.32 Å². The number of ether oxygens (including phenoxy) is 1. The van der Waals surface area contributed by atoms with Crippen molar-refractivity contribution in [3.63, 3.8) is 0 Å². The Kier molecular flexibility index (Phi) is 5.48. The van der Waals surface area contributed by atoms with Gasteiger partial charge in [-0.3, -0.25) is 0 Å². The lowest BCUT2D eigenvalue weighted by atomic mass is 9.99. The molecule has 0 saturated carbocycles. The number of halogens is 3. The molecule has 0 radical (unpaired) electrons. The van der Waals surface area contributed by atoms with Gasteiger partial charge in [-0.1, -0.05) is 6.07 Å². The SMILES string of the molecule is O=C(O)/C=C(/C(=O)O)C1CC(Oc2cccc(C(F)(F)F)c2)=CCN1. The van der Waals surface area contributed by atoms with Crippen LogP contribution in [0.5, 0.6) is 5.75 Å². The Bertz CT molecular complexity index is 740. The Morgan fingerprint density at radius 1 is 1.28 bits per heavy atom. The highest BCUT2D eigenvalue weighted by Gasteiger charge is 2.31. The van der Waals surface area contributed by atoms with Gasteiger partial charge >= 0.3 is 18.1 Å². The van der Waals surface area contributed by atoms with Gasteiger partial charge < -0.3 is 20.3 Å². The highest BCUT2D eigenvalue weighted by molar-refractivity contribution is 5.95. The molecule has 25 heavy (non-hydrogen) atoms. The van der Waals surface area contributed by atoms with E-state index in [0.29, 0.717) is 6.08 Å². The fraction of sp³-hybridized carbons (Fsp3) is 0.250. The third-order valence-electron chi connectivity index (χ3n) is 3.41. The number of carboxylic acids is 2. The second kappa shape index (κ2) is 7.39. The van der Waals surface area contributed by atoms with E-state index < -0.39 is 29.7 Å². The molecule has 134 valence electrons. The molecule has 2 rings (SSSR count). The lowest BCUT2D eigenvalue weighted by molar-refractivity contribution is -0.137. The summed E-state index contributed by atoms with van der Waals surface area (Å²) in [6.45, 7) is 0.184. The first-order chi connectivity index (χ1) is 11.7. The van der Waals surface area contributed by atoms with Gasteiger partial charge in [0.25, 0.3) is 0 Å². The molecule has 3 N–H and O–H groups in total. The van der Waals surface area contributed by atoms with Crippen LogP contribution >= 0.6 is 0 Å². The minimum atomic E-state index is -4.51. The van der Waals surface area contributed by atoms with Crippen molar-refractivity contribution in [2.24, 2.45) is 0 Å². The lowest BCUT2D eigenvalue weighted by Crippen LogP contribution is -2.38. The van der Waals surface area contributed by atoms with E-state index in [9.17, 15) is 22.8 Å². The van der Waals surface area contributed by atoms with Gasteiger partial charge in [-0.05, 0) is 24.3 Å². The van der Waals surface area contributed by atoms with Crippen LogP contribution in [0.2, 0.25) is 0 Å². The molecular weight excluding hydrogens is 343 g/mol. The molecule has 1 aromatic rings. The largest absolute Gasteiger partial charge is 0.478 e. The van der Waals surface area contributed by atoms with Crippen molar-refractivity contribution in [2.75, 3.05) is 6.54 Å². The zero-order chi connectivity index (χ0) is 18.6. The van der Waals surface area contributed by atoms with Gasteiger partial charge in [0, 0.05) is 25.1 Å². The molecule has 9 heteroatoms. The van der Waals surface area contributed by atoms with Crippen molar-refractivity contribution in [3.8, 4) is 5.75 Å². The van der Waals surface area contributed by atoms with Gasteiger partial charge in [-0.15, -0.1) is 0 Å². The molecule has 1 heterocycles. The summed E-state index contributed by atoms with van der Waals surface area (Å²) in [6.07, 6.45) is -2.39. The van der Waals surface area contributed by atoms with Gasteiger partial charge in [-0.25, -0.2) is 9.59 Å². The van der Waals surface area contributed by atoms with E-state index in [-0.39, 0.29) is 30.0 Å². The number of benzene rings is 1. The van der Waals surface area contributed by atoms with E-state index in [1.807, 2.05) is 0 Å². The molecule has 0 amide bonds. The first-order valence-electron chi connectivity index (χ1n) is 7.12. The molecule has 0 saturated heterocycles. The summed E-state index contributed by atoms with van der Waals surface area (Å²) in [4.78, 5) is 21.9. The maximum Gasteiger partial charge on any atom is 0.416 e. The van der Waals surface area contributed by atoms with Crippen molar-refractivity contribution in [3.05, 3.63) is 53.3 Å². The van der Waals surface area contributed by atoms with Crippen molar-refractivity contribution < 1.29 is 37.7 Å². The van der Waals surface area contributed by atoms with Crippen LogP contribution < -0.4 is 10.1 Å². The molecule has 0 fully saturated rings. The number of hydrogen-bond acceptors (Lipinski definition) is 4. The van der Waals surface area contributed by atoms with Crippen LogP contribution in [-0.4, -0.2) is 34.7 Å². The Labute approximate surface area is 140 Å². The zero-order valence-corrected chi connectivity index (χ0v) is 12.7. The molecule has 1 aliphatic rings. The van der Waals surface area contributed by atoms with Crippen molar-refractivity contribution in [1.29, 1.82) is 0 Å². The molecule has 0 bridgehead atoms. The van der Waals surface area contributed by atoms with Crippen LogP contribution in [-0.2, 0) is 15.8 Å². The average Bonchev–Trinajstić information content (AvgIpc) is 2.52. The minimum Gasteiger partial charge on any atom is -0.478 e. The molecule has 0 spiro atoms. The van der Waals surface area contributed by atoms with E-state index in [0.717, 1.165) is 12.1 Å². The average molecular weight is 357 g/mol. The minimum absolute atomic E-state index is 0.0122. The molecule has 1 unspecified atom stereocenters. The van der Waals surface area contributed by atoms with Crippen LogP contribution in [0.25, 0.3) is 0 Å². The predicted octanol–water partition coefficient (Wildman–Crippen LogP) is 2.43. The maximum atomic E-state index is 12.7. The fourth-order valence-electron chi connectivity index (χ4n) is 2.31. The topological polar surface area (TPSA) is 95.9 Å². The summed E-state index contributed by atoms with van der Waals surface area (Å²) in [6, 6.07) is 3.45. The van der Waals surface area contributed by atoms with Gasteiger partial charge in [0.2, 0.25) is 0 Å². The third-order valence-corrected chi connectivity index (χ3v) is 3.41. The van der Waals surface area contributed by atoms with E-state index in [2.05, 4.69) is 5.32 Å². The van der Waals surface area contributed by atoms with Crippen LogP contribution in [0.4, 0.5) is 13.2 Å². The number of nitrogens with one attached hydrogen (secondary N) is 1. The van der Waals surface area contributed by atoms with Crippen LogP contribution in [0.1, 0.15) is 12.0 Å². The summed E-state index contributed by atoms with van der Waals surface area (Å²) >= 11 is 0. The number of hydrogen-bond donors (Lipinski definition) is 3. The molecule has 0 aliphatic carbocycles. The fourth-order valence-corrected chi connectivity index (χ4v) is 2.31. The number of aliphatic carboxylic acids is 2. The summed E-state index contributed by atoms with van der Waals surface area (Å²) in [7, 11) is 0. The standard InChI is InChI=1S/C16H14F3NO5/c17-16(18,19)9-2-1-3-10(6-9)25-11-4-5-20-13(7-11)12(15(23)24)8-14(21)22/h1-4,6,8,13,20H,5,7H2,(H,21,22)(H,23,24)/b12-8+. The number of carbonyl (C=O) groups is 2. The Morgan fingerprint density at radius 3 is 2.60 bits per heavy atom. The van der Waals surface area contributed by atoms with E-state index >= 15 is 0 Å². The Balaban J connectivity index is 2.16. The number of rotatable bonds is 5. The molecular formula is C16H14F3NO5. The monoisotopic (exact) mass is 357 g/mol. The number of carboxylic acid groups (broad SMARTS) is 2. The number of alkyl halides is 3. The van der Waals surface area contributed by atoms with E-state index in [4.69, 9.17) is 14.9 Å². The maximum absolute atomic E-state index is 12.7. The molecule has 1 atom stereocenters. The molecule has 6 nitrogen and oxygen atoms in total. The van der Waals surface area contributed by atoms with Crippen LogP contribution in [0, 0.1) is 0 Å². The van der Waals surface area contributed by atoms with Gasteiger partial charge in [-0.2, -0.15) is 13.2 Å². The quantitative estimate of drug-likeness (QED) is 0.701. The van der Waals surface area contributed by atoms with Crippen molar-refractivity contribution >= 4 is 11.9 Å². The first-order valence-corrected chi connectivity index (χ1v) is 7.12. The molecule has 1 aromatic carbocycles. The normalized spacial score (nSPS) is 18.4. The van der Waals surface area contributed by atoms with Crippen LogP contribution in [0.15, 0.2) is 47.7 Å². The Hall–Kier alpha value is -2.81. The van der Waals surface area contributed by atoms with Crippen LogP contribution in [0.3, 0.4) is 0 Å². The summed E-state index contributed by atoms with van der Waals surface area (Å²) in [5, 5.41) is 20.7. The highest BCUT2D eigenvalue weighted by Crippen LogP contribution is 2.32. The van der Waals surface area contributed by atoms with E-state index in [1.54, 1.807) is 6.08 Å². The molecule has 1 aliphatic heterocycles. The molecule has 0 aromatic heterocycles. The van der Waals surface area contributed by atoms with Gasteiger partial charge in [0.05, 0.1) is 11.1 Å². The smallest absolute Gasteiger partial charge is 0.416 e. The summed E-state index contributed by atoms with van der Waals surface area (Å²) < 4.78 is 43.6. The second-order valence-corrected chi connectivity index (χ2v) is 5.21. The highest BCUT2D eigenvalue weighted by atomic mass is 19.4. The van der Waals surface area contributed by atoms with Crippen molar-refractivity contribution in [2.45, 2.75) is 18.6 Å². The third kappa shape index (κ3) is 5.08. The predicted molar refractivity (Wildman–Crippen MR) is 79.9 cm³/mol. The second-order valence-electron chi connectivity index (χ2n) is 5.21. The lowest BCUT2D eigenvalue weighted by Gasteiger charge is -2.24. The summed E-state index contributed by atoms with van der Waals surface area (Å²) in [5.41, 5.74) is -1.24. The van der Waals surface area contributed by atoms with Gasteiger partial charge in [0.1, 0.15) is 11.5 Å². The van der Waals surface area contributed by atoms with Gasteiger partial charge in [0.15, 0.2) is 0 Å². The summed E-state index contributed by atoms with van der Waals surface area (Å²) in [5.74, 6) is -2.60. The zero-order valence-electron chi connectivity index (χ0n) is 12.7. The Morgan fingerprint density at radius 2 is 2.00 bits per heavy atom.